The Morgan fingerprint density at radius 2 is 1.76 bits per heavy atom. The van der Waals surface area contributed by atoms with Crippen LogP contribution in [0.15, 0.2) is 0 Å². The summed E-state index contributed by atoms with van der Waals surface area (Å²) in [5.74, 6) is -1.54. The second kappa shape index (κ2) is 5.27. The van der Waals surface area contributed by atoms with Crippen LogP contribution in [0.25, 0.3) is 0 Å². The van der Waals surface area contributed by atoms with Crippen molar-refractivity contribution in [3.63, 3.8) is 0 Å². The topological polar surface area (TPSA) is 105 Å². The van der Waals surface area contributed by atoms with Crippen LogP contribution in [0.4, 0.5) is 0 Å². The van der Waals surface area contributed by atoms with Crippen molar-refractivity contribution >= 4 is 17.8 Å². The van der Waals surface area contributed by atoms with Gasteiger partial charge in [0.15, 0.2) is 5.69 Å². The largest absolute Gasteiger partial charge is 0.476 e. The van der Waals surface area contributed by atoms with Gasteiger partial charge < -0.3 is 5.11 Å². The summed E-state index contributed by atoms with van der Waals surface area (Å²) < 4.78 is 1.46. The molecular weight excluding hydrogens is 276 g/mol. The van der Waals surface area contributed by atoms with E-state index in [-0.39, 0.29) is 43.4 Å². The summed E-state index contributed by atoms with van der Waals surface area (Å²) in [5, 5.41) is 16.7. The summed E-state index contributed by atoms with van der Waals surface area (Å²) in [6, 6.07) is 0. The van der Waals surface area contributed by atoms with Crippen LogP contribution in [0, 0.1) is 0 Å². The standard InChI is InChI=1S/C13H18N4O4/c1-13(2,3)11-10(12(20)21)14-15-17(11)7-6-16-8(18)4-5-9(16)19/h4-7H2,1-3H3,(H,20,21). The van der Waals surface area contributed by atoms with Crippen molar-refractivity contribution in [3.8, 4) is 0 Å². The monoisotopic (exact) mass is 294 g/mol. The zero-order valence-corrected chi connectivity index (χ0v) is 12.3. The Morgan fingerprint density at radius 1 is 1.19 bits per heavy atom. The third-order valence-electron chi connectivity index (χ3n) is 3.34. The van der Waals surface area contributed by atoms with Gasteiger partial charge in [0, 0.05) is 24.8 Å². The van der Waals surface area contributed by atoms with E-state index in [0.717, 1.165) is 0 Å². The molecule has 0 bridgehead atoms. The van der Waals surface area contributed by atoms with Gasteiger partial charge in [-0.15, -0.1) is 5.10 Å². The number of imide groups is 1. The van der Waals surface area contributed by atoms with Gasteiger partial charge in [-0.3, -0.25) is 14.5 Å². The minimum absolute atomic E-state index is 0.0958. The fraction of sp³-hybridized carbons (Fsp3) is 0.615. The number of hydrogen-bond acceptors (Lipinski definition) is 5. The molecule has 2 heterocycles. The van der Waals surface area contributed by atoms with E-state index in [9.17, 15) is 19.5 Å². The molecule has 1 aliphatic rings. The zero-order chi connectivity index (χ0) is 15.8. The number of likely N-dealkylation sites (tertiary alicyclic amines) is 1. The molecule has 0 radical (unpaired) electrons. The number of carboxylic acids is 1. The molecule has 0 atom stereocenters. The molecule has 1 aromatic rings. The number of rotatable bonds is 4. The number of aromatic carboxylic acids is 1. The maximum Gasteiger partial charge on any atom is 0.358 e. The fourth-order valence-corrected chi connectivity index (χ4v) is 2.42. The van der Waals surface area contributed by atoms with Crippen molar-refractivity contribution in [1.29, 1.82) is 0 Å². The highest BCUT2D eigenvalue weighted by molar-refractivity contribution is 6.01. The van der Waals surface area contributed by atoms with E-state index in [2.05, 4.69) is 10.3 Å². The maximum absolute atomic E-state index is 11.6. The lowest BCUT2D eigenvalue weighted by atomic mass is 9.90. The number of nitrogens with zero attached hydrogens (tertiary/aromatic N) is 4. The molecule has 8 nitrogen and oxygen atoms in total. The highest BCUT2D eigenvalue weighted by Crippen LogP contribution is 2.25. The molecule has 0 spiro atoms. The molecule has 2 rings (SSSR count). The first-order chi connectivity index (χ1) is 9.71. The second-order valence-electron chi connectivity index (χ2n) is 6.00. The van der Waals surface area contributed by atoms with Crippen LogP contribution >= 0.6 is 0 Å². The maximum atomic E-state index is 11.6. The van der Waals surface area contributed by atoms with Crippen molar-refractivity contribution in [2.45, 2.75) is 45.6 Å². The van der Waals surface area contributed by atoms with Crippen LogP contribution in [-0.2, 0) is 21.5 Å². The smallest absolute Gasteiger partial charge is 0.358 e. The molecule has 21 heavy (non-hydrogen) atoms. The first-order valence-corrected chi connectivity index (χ1v) is 6.72. The molecule has 1 saturated heterocycles. The summed E-state index contributed by atoms with van der Waals surface area (Å²) in [6.45, 7) is 6.01. The minimum Gasteiger partial charge on any atom is -0.476 e. The molecule has 0 unspecified atom stereocenters. The fourth-order valence-electron chi connectivity index (χ4n) is 2.42. The molecule has 0 saturated carbocycles. The first-order valence-electron chi connectivity index (χ1n) is 6.72. The zero-order valence-electron chi connectivity index (χ0n) is 12.3. The van der Waals surface area contributed by atoms with Gasteiger partial charge in [-0.25, -0.2) is 9.48 Å². The van der Waals surface area contributed by atoms with E-state index in [4.69, 9.17) is 0 Å². The Hall–Kier alpha value is -2.25. The van der Waals surface area contributed by atoms with Crippen LogP contribution in [-0.4, -0.2) is 49.3 Å². The average molecular weight is 294 g/mol. The summed E-state index contributed by atoms with van der Waals surface area (Å²) in [5.41, 5.74) is -0.0772. The predicted molar refractivity (Wildman–Crippen MR) is 71.6 cm³/mol. The van der Waals surface area contributed by atoms with Gasteiger partial charge in [0.25, 0.3) is 0 Å². The molecule has 1 aromatic heterocycles. The highest BCUT2D eigenvalue weighted by atomic mass is 16.4. The van der Waals surface area contributed by atoms with E-state index >= 15 is 0 Å². The van der Waals surface area contributed by atoms with Crippen molar-refractivity contribution in [1.82, 2.24) is 19.9 Å². The SMILES string of the molecule is CC(C)(C)c1c(C(=O)O)nnn1CCN1C(=O)CCC1=O. The number of carbonyl (C=O) groups is 3. The van der Waals surface area contributed by atoms with Crippen molar-refractivity contribution in [3.05, 3.63) is 11.4 Å². The molecule has 1 aliphatic heterocycles. The van der Waals surface area contributed by atoms with E-state index in [0.29, 0.717) is 5.69 Å². The Morgan fingerprint density at radius 3 is 2.24 bits per heavy atom. The first kappa shape index (κ1) is 15.1. The van der Waals surface area contributed by atoms with E-state index < -0.39 is 11.4 Å². The third kappa shape index (κ3) is 2.93. The van der Waals surface area contributed by atoms with Gasteiger partial charge in [-0.05, 0) is 0 Å². The Labute approximate surface area is 121 Å². The number of carbonyl (C=O) groups excluding carboxylic acids is 2. The quantitative estimate of drug-likeness (QED) is 0.807. The van der Waals surface area contributed by atoms with Crippen LogP contribution in [0.3, 0.4) is 0 Å². The number of hydrogen-bond donors (Lipinski definition) is 1. The van der Waals surface area contributed by atoms with Gasteiger partial charge >= 0.3 is 5.97 Å². The minimum atomic E-state index is -1.14. The van der Waals surface area contributed by atoms with Crippen LogP contribution in [0.5, 0.6) is 0 Å². The van der Waals surface area contributed by atoms with Gasteiger partial charge in [0.1, 0.15) is 0 Å². The number of amides is 2. The van der Waals surface area contributed by atoms with E-state index in [1.54, 1.807) is 0 Å². The van der Waals surface area contributed by atoms with Gasteiger partial charge in [0.05, 0.1) is 12.2 Å². The molecule has 0 aromatic carbocycles. The molecule has 2 amide bonds. The average Bonchev–Trinajstić information content (AvgIpc) is 2.91. The van der Waals surface area contributed by atoms with Crippen molar-refractivity contribution < 1.29 is 19.5 Å². The van der Waals surface area contributed by atoms with Crippen LogP contribution < -0.4 is 0 Å². The molecule has 114 valence electrons. The normalized spacial score (nSPS) is 15.9. The van der Waals surface area contributed by atoms with Gasteiger partial charge in [-0.1, -0.05) is 26.0 Å². The van der Waals surface area contributed by atoms with Crippen molar-refractivity contribution in [2.75, 3.05) is 6.54 Å². The molecular formula is C13H18N4O4. The Bertz CT molecular complexity index is 584. The molecule has 1 N–H and O–H groups in total. The molecule has 0 aliphatic carbocycles. The Balaban J connectivity index is 2.23. The second-order valence-corrected chi connectivity index (χ2v) is 6.00. The molecule has 1 fully saturated rings. The number of carboxylic acid groups (broad SMARTS) is 1. The summed E-state index contributed by atoms with van der Waals surface area (Å²) >= 11 is 0. The van der Waals surface area contributed by atoms with E-state index in [1.807, 2.05) is 20.8 Å². The Kier molecular flexibility index (Phi) is 3.80. The van der Waals surface area contributed by atoms with Crippen LogP contribution in [0.2, 0.25) is 0 Å². The summed E-state index contributed by atoms with van der Waals surface area (Å²) in [7, 11) is 0. The lowest BCUT2D eigenvalue weighted by molar-refractivity contribution is -0.138. The molecule has 8 heteroatoms. The predicted octanol–water partition coefficient (Wildman–Crippen LogP) is 0.423. The summed E-state index contributed by atoms with van der Waals surface area (Å²) in [4.78, 5) is 35.5. The van der Waals surface area contributed by atoms with Crippen LogP contribution in [0.1, 0.15) is 49.8 Å². The van der Waals surface area contributed by atoms with Crippen molar-refractivity contribution in [2.24, 2.45) is 0 Å². The lowest BCUT2D eigenvalue weighted by Gasteiger charge is -2.21. The third-order valence-corrected chi connectivity index (χ3v) is 3.34. The summed E-state index contributed by atoms with van der Waals surface area (Å²) in [6.07, 6.45) is 0.478. The van der Waals surface area contributed by atoms with E-state index in [1.165, 1.54) is 9.58 Å². The van der Waals surface area contributed by atoms with Gasteiger partial charge in [0.2, 0.25) is 11.8 Å². The highest BCUT2D eigenvalue weighted by Gasteiger charge is 2.31. The lowest BCUT2D eigenvalue weighted by Crippen LogP contribution is -2.33. The number of aromatic nitrogens is 3. The van der Waals surface area contributed by atoms with Gasteiger partial charge in [-0.2, -0.15) is 0 Å².